The monoisotopic (exact) mass is 455 g/mol. The summed E-state index contributed by atoms with van der Waals surface area (Å²) in [7, 11) is 0. The molecule has 7 nitrogen and oxygen atoms in total. The van der Waals surface area contributed by atoms with Crippen LogP contribution in [0.1, 0.15) is 50.3 Å². The molecule has 0 spiro atoms. The zero-order valence-corrected chi connectivity index (χ0v) is 19.4. The number of thiazole rings is 1. The lowest BCUT2D eigenvalue weighted by molar-refractivity contribution is -0.268. The first-order chi connectivity index (χ1) is 15.5. The fraction of sp³-hybridized carbons (Fsp3) is 0.500. The number of benzene rings is 1. The molecule has 2 aliphatic rings. The molecular formula is C24H29N3O4S. The summed E-state index contributed by atoms with van der Waals surface area (Å²) in [5, 5.41) is 1.10. The second kappa shape index (κ2) is 9.21. The van der Waals surface area contributed by atoms with Gasteiger partial charge in [0.25, 0.3) is 0 Å². The van der Waals surface area contributed by atoms with E-state index >= 15 is 0 Å². The molecule has 170 valence electrons. The second-order valence-corrected chi connectivity index (χ2v) is 9.76. The number of ether oxygens (including phenoxy) is 3. The van der Waals surface area contributed by atoms with Crippen LogP contribution < -0.4 is 9.64 Å². The number of fused-ring (bicyclic) bond motifs is 1. The molecule has 2 aromatic heterocycles. The third-order valence-electron chi connectivity index (χ3n) is 5.69. The standard InChI is InChI=1S/C24H29N3O4S/c1-24(2)28-15-18(16-29-24)30-17-7-9-20-21(13-17)31-22(26-20)10-8-19-14-25-23(32-19)27-11-5-3-4-6-12-27/h7-10,13-14,18H,3-6,11-12,15-16H2,1-2H3/b10-8+. The summed E-state index contributed by atoms with van der Waals surface area (Å²) < 4.78 is 23.2. The molecule has 0 radical (unpaired) electrons. The molecule has 0 saturated carbocycles. The van der Waals surface area contributed by atoms with Gasteiger partial charge in [0.2, 0.25) is 5.89 Å². The van der Waals surface area contributed by atoms with Gasteiger partial charge in [-0.1, -0.05) is 24.2 Å². The van der Waals surface area contributed by atoms with Crippen molar-refractivity contribution in [1.82, 2.24) is 9.97 Å². The first-order valence-corrected chi connectivity index (χ1v) is 12.1. The molecule has 5 rings (SSSR count). The zero-order valence-electron chi connectivity index (χ0n) is 18.6. The Kier molecular flexibility index (Phi) is 6.17. The van der Waals surface area contributed by atoms with Crippen LogP contribution >= 0.6 is 11.3 Å². The van der Waals surface area contributed by atoms with E-state index in [2.05, 4.69) is 14.9 Å². The lowest BCUT2D eigenvalue weighted by Crippen LogP contribution is -2.44. The Balaban J connectivity index is 1.24. The maximum Gasteiger partial charge on any atom is 0.220 e. The highest BCUT2D eigenvalue weighted by molar-refractivity contribution is 7.16. The molecule has 1 aromatic carbocycles. The van der Waals surface area contributed by atoms with Crippen LogP contribution in [0.2, 0.25) is 0 Å². The Morgan fingerprint density at radius 3 is 2.66 bits per heavy atom. The third-order valence-corrected chi connectivity index (χ3v) is 6.71. The normalized spacial score (nSPS) is 20.1. The minimum absolute atomic E-state index is 0.146. The Morgan fingerprint density at radius 1 is 1.09 bits per heavy atom. The quantitative estimate of drug-likeness (QED) is 0.512. The highest BCUT2D eigenvalue weighted by Crippen LogP contribution is 2.28. The van der Waals surface area contributed by atoms with Gasteiger partial charge in [0.1, 0.15) is 17.4 Å². The van der Waals surface area contributed by atoms with Crippen molar-refractivity contribution in [2.45, 2.75) is 51.4 Å². The third kappa shape index (κ3) is 5.14. The van der Waals surface area contributed by atoms with Gasteiger partial charge in [0, 0.05) is 36.3 Å². The van der Waals surface area contributed by atoms with Crippen molar-refractivity contribution < 1.29 is 18.6 Å². The van der Waals surface area contributed by atoms with E-state index < -0.39 is 5.79 Å². The highest BCUT2D eigenvalue weighted by atomic mass is 32.1. The van der Waals surface area contributed by atoms with Gasteiger partial charge in [0.15, 0.2) is 16.5 Å². The zero-order chi connectivity index (χ0) is 22.0. The van der Waals surface area contributed by atoms with Gasteiger partial charge in [-0.3, -0.25) is 0 Å². The Bertz CT molecular complexity index is 1070. The summed E-state index contributed by atoms with van der Waals surface area (Å²) in [5.41, 5.74) is 1.48. The van der Waals surface area contributed by atoms with Gasteiger partial charge in [-0.15, -0.1) is 0 Å². The van der Waals surface area contributed by atoms with Crippen LogP contribution in [-0.4, -0.2) is 48.2 Å². The van der Waals surface area contributed by atoms with Crippen molar-refractivity contribution in [3.63, 3.8) is 0 Å². The van der Waals surface area contributed by atoms with Crippen LogP contribution in [0.3, 0.4) is 0 Å². The summed E-state index contributed by atoms with van der Waals surface area (Å²) in [6.07, 6.45) is 10.8. The number of aromatic nitrogens is 2. The maximum atomic E-state index is 6.00. The molecule has 2 aliphatic heterocycles. The molecule has 0 amide bonds. The summed E-state index contributed by atoms with van der Waals surface area (Å²) in [4.78, 5) is 12.7. The molecule has 2 fully saturated rings. The minimum Gasteiger partial charge on any atom is -0.485 e. The van der Waals surface area contributed by atoms with Crippen molar-refractivity contribution in [3.05, 3.63) is 35.2 Å². The number of oxazole rings is 1. The van der Waals surface area contributed by atoms with Gasteiger partial charge in [0.05, 0.1) is 13.2 Å². The molecule has 0 N–H and O–H groups in total. The second-order valence-electron chi connectivity index (χ2n) is 8.72. The van der Waals surface area contributed by atoms with E-state index in [9.17, 15) is 0 Å². The van der Waals surface area contributed by atoms with Gasteiger partial charge >= 0.3 is 0 Å². The Hall–Kier alpha value is -2.42. The molecule has 0 unspecified atom stereocenters. The van der Waals surface area contributed by atoms with Crippen molar-refractivity contribution in [3.8, 4) is 5.75 Å². The highest BCUT2D eigenvalue weighted by Gasteiger charge is 2.29. The lowest BCUT2D eigenvalue weighted by atomic mass is 10.2. The van der Waals surface area contributed by atoms with Crippen LogP contribution in [0.25, 0.3) is 23.3 Å². The topological polar surface area (TPSA) is 69.9 Å². The van der Waals surface area contributed by atoms with Crippen LogP contribution in [-0.2, 0) is 9.47 Å². The van der Waals surface area contributed by atoms with E-state index in [1.807, 2.05) is 50.4 Å². The Morgan fingerprint density at radius 2 is 1.88 bits per heavy atom. The van der Waals surface area contributed by atoms with Gasteiger partial charge in [-0.2, -0.15) is 0 Å². The van der Waals surface area contributed by atoms with Gasteiger partial charge in [-0.05, 0) is 44.9 Å². The van der Waals surface area contributed by atoms with Crippen molar-refractivity contribution in [2.75, 3.05) is 31.2 Å². The summed E-state index contributed by atoms with van der Waals surface area (Å²) in [5.74, 6) is 0.723. The number of rotatable bonds is 5. The largest absolute Gasteiger partial charge is 0.485 e. The number of anilines is 1. The first-order valence-electron chi connectivity index (χ1n) is 11.3. The van der Waals surface area contributed by atoms with Crippen LogP contribution in [0.5, 0.6) is 5.75 Å². The predicted octanol–water partition coefficient (Wildman–Crippen LogP) is 5.37. The summed E-state index contributed by atoms with van der Waals surface area (Å²) >= 11 is 1.71. The van der Waals surface area contributed by atoms with Crippen molar-refractivity contribution in [2.24, 2.45) is 0 Å². The summed E-state index contributed by atoms with van der Waals surface area (Å²) in [6, 6.07) is 5.67. The number of hydrogen-bond acceptors (Lipinski definition) is 8. The number of nitrogens with zero attached hydrogens (tertiary/aromatic N) is 3. The maximum absolute atomic E-state index is 6.00. The summed E-state index contributed by atoms with van der Waals surface area (Å²) in [6.45, 7) is 6.99. The lowest BCUT2D eigenvalue weighted by Gasteiger charge is -2.34. The fourth-order valence-corrected chi connectivity index (χ4v) is 4.79. The van der Waals surface area contributed by atoms with Crippen molar-refractivity contribution in [1.29, 1.82) is 0 Å². The molecule has 3 aromatic rings. The van der Waals surface area contributed by atoms with E-state index in [-0.39, 0.29) is 6.10 Å². The van der Waals surface area contributed by atoms with Crippen LogP contribution in [0.4, 0.5) is 5.13 Å². The molecule has 2 saturated heterocycles. The van der Waals surface area contributed by atoms with E-state index in [1.54, 1.807) is 11.3 Å². The molecule has 4 heterocycles. The fourth-order valence-electron chi connectivity index (χ4n) is 3.92. The first kappa shape index (κ1) is 21.4. The molecule has 8 heteroatoms. The van der Waals surface area contributed by atoms with E-state index in [0.717, 1.165) is 28.6 Å². The molecule has 32 heavy (non-hydrogen) atoms. The van der Waals surface area contributed by atoms with E-state index in [4.69, 9.17) is 18.6 Å². The smallest absolute Gasteiger partial charge is 0.220 e. The molecule has 0 aliphatic carbocycles. The molecule has 0 atom stereocenters. The number of hydrogen-bond donors (Lipinski definition) is 0. The molecule has 0 bridgehead atoms. The predicted molar refractivity (Wildman–Crippen MR) is 126 cm³/mol. The SMILES string of the molecule is CC1(C)OCC(Oc2ccc3nc(/C=C/c4cnc(N5CCCCCC5)s4)oc3c2)CO1. The van der Waals surface area contributed by atoms with Crippen molar-refractivity contribution >= 4 is 39.7 Å². The minimum atomic E-state index is -0.554. The van der Waals surface area contributed by atoms with Crippen LogP contribution in [0.15, 0.2) is 28.8 Å². The average Bonchev–Trinajstić information content (AvgIpc) is 3.32. The van der Waals surface area contributed by atoms with Gasteiger partial charge < -0.3 is 23.5 Å². The van der Waals surface area contributed by atoms with E-state index in [0.29, 0.717) is 30.4 Å². The molecular weight excluding hydrogens is 426 g/mol. The average molecular weight is 456 g/mol. The van der Waals surface area contributed by atoms with E-state index in [1.165, 1.54) is 25.7 Å². The van der Waals surface area contributed by atoms with Gasteiger partial charge in [-0.25, -0.2) is 9.97 Å². The Labute approximate surface area is 192 Å². The van der Waals surface area contributed by atoms with Crippen LogP contribution in [0, 0.1) is 0 Å².